The summed E-state index contributed by atoms with van der Waals surface area (Å²) < 4.78 is 21.6. The summed E-state index contributed by atoms with van der Waals surface area (Å²) in [5, 5.41) is 2.77. The molecule has 0 aliphatic carbocycles. The van der Waals surface area contributed by atoms with Gasteiger partial charge in [-0.2, -0.15) is 0 Å². The van der Waals surface area contributed by atoms with Crippen molar-refractivity contribution in [1.82, 2.24) is 15.2 Å². The van der Waals surface area contributed by atoms with Crippen molar-refractivity contribution >= 4 is 11.8 Å². The molecule has 28 heavy (non-hydrogen) atoms. The average Bonchev–Trinajstić information content (AvgIpc) is 3.45. The highest BCUT2D eigenvalue weighted by molar-refractivity contribution is 5.96. The molecule has 148 valence electrons. The van der Waals surface area contributed by atoms with Crippen molar-refractivity contribution in [3.8, 4) is 17.2 Å². The summed E-state index contributed by atoms with van der Waals surface area (Å²) in [6.07, 6.45) is 2.73. The van der Waals surface area contributed by atoms with Crippen molar-refractivity contribution in [2.45, 2.75) is 32.4 Å². The molecule has 1 saturated heterocycles. The number of hydrogen-bond donors (Lipinski definition) is 1. The molecule has 1 aromatic carbocycles. The summed E-state index contributed by atoms with van der Waals surface area (Å²) in [6.45, 7) is 3.16. The van der Waals surface area contributed by atoms with E-state index in [2.05, 4.69) is 10.3 Å². The Morgan fingerprint density at radius 2 is 2.18 bits per heavy atom. The average molecular weight is 387 g/mol. The Morgan fingerprint density at radius 1 is 1.32 bits per heavy atom. The summed E-state index contributed by atoms with van der Waals surface area (Å²) in [7, 11) is 0. The molecule has 0 unspecified atom stereocenters. The molecular weight excluding hydrogens is 366 g/mol. The zero-order chi connectivity index (χ0) is 19.5. The number of likely N-dealkylation sites (N-methyl/N-ethyl adjacent to an activating group) is 1. The van der Waals surface area contributed by atoms with E-state index in [0.29, 0.717) is 36.8 Å². The summed E-state index contributed by atoms with van der Waals surface area (Å²) in [4.78, 5) is 30.6. The van der Waals surface area contributed by atoms with Gasteiger partial charge in [-0.05, 0) is 31.9 Å². The van der Waals surface area contributed by atoms with Crippen LogP contribution in [0.15, 0.2) is 28.9 Å². The number of hydrogen-bond acceptors (Lipinski definition) is 7. The number of benzene rings is 1. The lowest BCUT2D eigenvalue weighted by molar-refractivity contribution is -0.124. The van der Waals surface area contributed by atoms with Crippen LogP contribution in [-0.2, 0) is 11.4 Å². The molecule has 9 nitrogen and oxygen atoms in total. The number of nitrogens with zero attached hydrogens (tertiary/aromatic N) is 2. The molecule has 0 bridgehead atoms. The smallest absolute Gasteiger partial charge is 0.276 e. The largest absolute Gasteiger partial charge is 0.484 e. The fourth-order valence-electron chi connectivity index (χ4n) is 3.31. The van der Waals surface area contributed by atoms with Gasteiger partial charge in [0.15, 0.2) is 23.8 Å². The second-order valence-electron chi connectivity index (χ2n) is 6.48. The Balaban J connectivity index is 1.38. The van der Waals surface area contributed by atoms with Gasteiger partial charge in [0, 0.05) is 19.2 Å². The molecule has 0 radical (unpaired) electrons. The predicted octanol–water partition coefficient (Wildman–Crippen LogP) is 1.72. The quantitative estimate of drug-likeness (QED) is 0.805. The molecule has 0 saturated carbocycles. The Bertz CT molecular complexity index is 880. The molecule has 2 amide bonds. The van der Waals surface area contributed by atoms with Gasteiger partial charge >= 0.3 is 0 Å². The molecule has 4 rings (SSSR count). The van der Waals surface area contributed by atoms with Crippen molar-refractivity contribution in [2.24, 2.45) is 0 Å². The zero-order valence-corrected chi connectivity index (χ0v) is 15.5. The van der Waals surface area contributed by atoms with Gasteiger partial charge in [0.1, 0.15) is 18.1 Å². The van der Waals surface area contributed by atoms with Gasteiger partial charge in [-0.3, -0.25) is 9.59 Å². The number of likely N-dealkylation sites (tertiary alicyclic amines) is 1. The molecule has 1 N–H and O–H groups in total. The maximum absolute atomic E-state index is 12.7. The number of carbonyl (C=O) groups is 2. The van der Waals surface area contributed by atoms with E-state index in [1.807, 2.05) is 6.92 Å². The Kier molecular flexibility index (Phi) is 5.05. The van der Waals surface area contributed by atoms with Crippen molar-refractivity contribution in [1.29, 1.82) is 0 Å². The first kappa shape index (κ1) is 18.1. The zero-order valence-electron chi connectivity index (χ0n) is 15.5. The molecule has 2 aliphatic rings. The van der Waals surface area contributed by atoms with Gasteiger partial charge in [0.05, 0.1) is 0 Å². The number of fused-ring (bicyclic) bond motifs is 1. The minimum Gasteiger partial charge on any atom is -0.484 e. The highest BCUT2D eigenvalue weighted by Gasteiger charge is 2.35. The van der Waals surface area contributed by atoms with E-state index in [-0.39, 0.29) is 36.8 Å². The second-order valence-corrected chi connectivity index (χ2v) is 6.48. The number of carbonyl (C=O) groups excluding carboxylic acids is 2. The van der Waals surface area contributed by atoms with Gasteiger partial charge in [-0.1, -0.05) is 0 Å². The van der Waals surface area contributed by atoms with Crippen molar-refractivity contribution in [3.63, 3.8) is 0 Å². The third-order valence-corrected chi connectivity index (χ3v) is 4.64. The Morgan fingerprint density at radius 3 is 3.04 bits per heavy atom. The van der Waals surface area contributed by atoms with Gasteiger partial charge in [0.25, 0.3) is 5.91 Å². The maximum Gasteiger partial charge on any atom is 0.276 e. The molecule has 2 aromatic rings. The van der Waals surface area contributed by atoms with E-state index in [1.165, 1.54) is 6.26 Å². The fourth-order valence-corrected chi connectivity index (χ4v) is 3.31. The van der Waals surface area contributed by atoms with E-state index >= 15 is 0 Å². The molecule has 9 heteroatoms. The highest BCUT2D eigenvalue weighted by Crippen LogP contribution is 2.35. The van der Waals surface area contributed by atoms with E-state index in [0.717, 1.165) is 6.42 Å². The van der Waals surface area contributed by atoms with Crippen LogP contribution in [-0.4, -0.2) is 47.6 Å². The van der Waals surface area contributed by atoms with E-state index < -0.39 is 6.04 Å². The van der Waals surface area contributed by atoms with Crippen molar-refractivity contribution < 1.29 is 28.2 Å². The second kappa shape index (κ2) is 7.79. The van der Waals surface area contributed by atoms with Gasteiger partial charge < -0.3 is 28.8 Å². The van der Waals surface area contributed by atoms with Crippen LogP contribution in [0.2, 0.25) is 0 Å². The first-order chi connectivity index (χ1) is 13.7. The predicted molar refractivity (Wildman–Crippen MR) is 96.1 cm³/mol. The van der Waals surface area contributed by atoms with Crippen molar-refractivity contribution in [2.75, 3.05) is 19.9 Å². The van der Waals surface area contributed by atoms with Crippen LogP contribution in [0.3, 0.4) is 0 Å². The van der Waals surface area contributed by atoms with Crippen LogP contribution >= 0.6 is 0 Å². The first-order valence-electron chi connectivity index (χ1n) is 9.21. The first-order valence-corrected chi connectivity index (χ1v) is 9.21. The summed E-state index contributed by atoms with van der Waals surface area (Å²) in [6, 6.07) is 4.77. The fraction of sp³-hybridized carbons (Fsp3) is 0.421. The third-order valence-electron chi connectivity index (χ3n) is 4.64. The minimum atomic E-state index is -0.461. The molecular formula is C19H21N3O6. The molecule has 1 aromatic heterocycles. The SMILES string of the molecule is CCNC(=O)[C@@H]1CCCN1C(=O)c1coc(COc2ccc3c(c2)OCO3)n1. The summed E-state index contributed by atoms with van der Waals surface area (Å²) in [5.74, 6) is 1.69. The standard InChI is InChI=1S/C19H21N3O6/c1-2-20-18(23)14-4-3-7-22(14)19(24)13-9-26-17(21-13)10-25-12-5-6-15-16(8-12)28-11-27-15/h5-6,8-9,14H,2-4,7,10-11H2,1H3,(H,20,23)/t14-/m0/s1. The minimum absolute atomic E-state index is 0.0622. The third kappa shape index (κ3) is 3.60. The monoisotopic (exact) mass is 387 g/mol. The van der Waals surface area contributed by atoms with Crippen LogP contribution in [0.5, 0.6) is 17.2 Å². The maximum atomic E-state index is 12.7. The lowest BCUT2D eigenvalue weighted by Crippen LogP contribution is -2.46. The Hall–Kier alpha value is -3.23. The van der Waals surface area contributed by atoms with Gasteiger partial charge in [-0.15, -0.1) is 0 Å². The molecule has 1 fully saturated rings. The lowest BCUT2D eigenvalue weighted by Gasteiger charge is -2.22. The van der Waals surface area contributed by atoms with E-state index in [9.17, 15) is 9.59 Å². The number of aromatic nitrogens is 1. The lowest BCUT2D eigenvalue weighted by atomic mass is 10.2. The molecule has 0 spiro atoms. The molecule has 1 atom stereocenters. The van der Waals surface area contributed by atoms with Crippen LogP contribution in [0.1, 0.15) is 36.1 Å². The number of nitrogens with one attached hydrogen (secondary N) is 1. The Labute approximate surface area is 161 Å². The topological polar surface area (TPSA) is 103 Å². The van der Waals surface area contributed by atoms with Crippen LogP contribution in [0.25, 0.3) is 0 Å². The number of amides is 2. The normalized spacial score (nSPS) is 17.6. The van der Waals surface area contributed by atoms with Crippen LogP contribution < -0.4 is 19.5 Å². The summed E-state index contributed by atoms with van der Waals surface area (Å²) >= 11 is 0. The van der Waals surface area contributed by atoms with Crippen molar-refractivity contribution in [3.05, 3.63) is 36.0 Å². The van der Waals surface area contributed by atoms with E-state index in [4.69, 9.17) is 18.6 Å². The van der Waals surface area contributed by atoms with Crippen LogP contribution in [0.4, 0.5) is 0 Å². The van der Waals surface area contributed by atoms with Gasteiger partial charge in [0.2, 0.25) is 18.6 Å². The molecule has 2 aliphatic heterocycles. The van der Waals surface area contributed by atoms with Gasteiger partial charge in [-0.25, -0.2) is 4.98 Å². The number of rotatable bonds is 6. The number of ether oxygens (including phenoxy) is 3. The molecule has 3 heterocycles. The van der Waals surface area contributed by atoms with E-state index in [1.54, 1.807) is 23.1 Å². The highest BCUT2D eigenvalue weighted by atomic mass is 16.7. The summed E-state index contributed by atoms with van der Waals surface area (Å²) in [5.41, 5.74) is 0.167. The van der Waals surface area contributed by atoms with Crippen LogP contribution in [0, 0.1) is 0 Å². The number of oxazole rings is 1.